The zero-order valence-corrected chi connectivity index (χ0v) is 20.8. The van der Waals surface area contributed by atoms with Crippen molar-refractivity contribution in [3.8, 4) is 5.75 Å². The molecule has 1 aliphatic carbocycles. The maximum Gasteiger partial charge on any atom is 0.408 e. The van der Waals surface area contributed by atoms with Gasteiger partial charge < -0.3 is 24.6 Å². The van der Waals surface area contributed by atoms with Gasteiger partial charge in [0.15, 0.2) is 0 Å². The van der Waals surface area contributed by atoms with Gasteiger partial charge in [-0.25, -0.2) is 9.59 Å². The summed E-state index contributed by atoms with van der Waals surface area (Å²) in [4.78, 5) is 33.8. The number of alkyl carbamates (subject to hydrolysis) is 1. The topological polar surface area (TPSA) is 124 Å². The Bertz CT molecular complexity index is 963. The van der Waals surface area contributed by atoms with Gasteiger partial charge in [-0.15, -0.1) is 4.91 Å². The van der Waals surface area contributed by atoms with E-state index in [-0.39, 0.29) is 18.6 Å². The van der Waals surface area contributed by atoms with Crippen LogP contribution in [0.1, 0.15) is 44.7 Å². The third kappa shape index (κ3) is 10.1. The van der Waals surface area contributed by atoms with Crippen LogP contribution in [0.3, 0.4) is 0 Å². The molecule has 2 aromatic carbocycles. The molecule has 0 aliphatic heterocycles. The number of carbonyl (C=O) groups is 2. The Morgan fingerprint density at radius 1 is 1.09 bits per heavy atom. The third-order valence-corrected chi connectivity index (χ3v) is 5.05. The minimum absolute atomic E-state index is 0.0486. The summed E-state index contributed by atoms with van der Waals surface area (Å²) in [6.45, 7) is 7.22. The molecule has 0 heterocycles. The van der Waals surface area contributed by atoms with Crippen molar-refractivity contribution in [2.75, 3.05) is 7.11 Å². The van der Waals surface area contributed by atoms with Gasteiger partial charge in [0.1, 0.15) is 29.2 Å². The lowest BCUT2D eigenvalue weighted by Gasteiger charge is -2.31. The summed E-state index contributed by atoms with van der Waals surface area (Å²) < 4.78 is 15.7. The van der Waals surface area contributed by atoms with Gasteiger partial charge in [-0.2, -0.15) is 0 Å². The number of rotatable bonds is 7. The van der Waals surface area contributed by atoms with Crippen molar-refractivity contribution >= 4 is 17.7 Å². The lowest BCUT2D eigenvalue weighted by molar-refractivity contribution is -0.143. The minimum Gasteiger partial charge on any atom is -0.490 e. The number of nitrogens with zero attached hydrogens (tertiary/aromatic N) is 1. The van der Waals surface area contributed by atoms with Crippen LogP contribution < -0.4 is 10.1 Å². The zero-order valence-electron chi connectivity index (χ0n) is 20.8. The van der Waals surface area contributed by atoms with Crippen LogP contribution in [0.2, 0.25) is 0 Å². The van der Waals surface area contributed by atoms with E-state index >= 15 is 0 Å². The van der Waals surface area contributed by atoms with Gasteiger partial charge in [-0.3, -0.25) is 0 Å². The zero-order chi connectivity index (χ0) is 26.0. The summed E-state index contributed by atoms with van der Waals surface area (Å²) in [7, 11) is 1.27. The van der Waals surface area contributed by atoms with Crippen molar-refractivity contribution in [1.82, 2.24) is 5.32 Å². The number of esters is 1. The maximum atomic E-state index is 12.0. The highest BCUT2D eigenvalue weighted by molar-refractivity contribution is 5.81. The number of hydrogen-bond donors (Lipinski definition) is 2. The number of ether oxygens (including phenoxy) is 3. The van der Waals surface area contributed by atoms with Gasteiger partial charge in [-0.05, 0) is 62.7 Å². The second kappa shape index (κ2) is 12.9. The van der Waals surface area contributed by atoms with E-state index in [9.17, 15) is 19.6 Å². The Morgan fingerprint density at radius 3 is 2.17 bits per heavy atom. The molecule has 190 valence electrons. The van der Waals surface area contributed by atoms with Gasteiger partial charge in [0.25, 0.3) is 0 Å². The Balaban J connectivity index is 0.000000402. The number of amides is 1. The number of methoxy groups -OCH3 is 1. The Hall–Kier alpha value is -3.46. The lowest BCUT2D eigenvalue weighted by Crippen LogP contribution is -2.45. The number of hydrogen-bond acceptors (Lipinski definition) is 8. The molecule has 1 atom stereocenters. The number of carbonyl (C=O) groups excluding carboxylic acids is 2. The second-order valence-corrected chi connectivity index (χ2v) is 9.36. The van der Waals surface area contributed by atoms with E-state index in [0.29, 0.717) is 24.3 Å². The summed E-state index contributed by atoms with van der Waals surface area (Å²) in [6.07, 6.45) is 0.676. The number of aliphatic hydroxyl groups excluding tert-OH is 1. The number of benzene rings is 2. The van der Waals surface area contributed by atoms with Gasteiger partial charge >= 0.3 is 12.1 Å². The molecular weight excluding hydrogens is 452 g/mol. The van der Waals surface area contributed by atoms with E-state index < -0.39 is 23.7 Å². The molecule has 1 saturated carbocycles. The first-order valence-electron chi connectivity index (χ1n) is 11.4. The summed E-state index contributed by atoms with van der Waals surface area (Å²) in [5.41, 5.74) is 1.82. The molecule has 1 amide bonds. The molecule has 3 rings (SSSR count). The van der Waals surface area contributed by atoms with Crippen molar-refractivity contribution in [3.63, 3.8) is 0 Å². The van der Waals surface area contributed by atoms with Crippen LogP contribution in [-0.2, 0) is 20.7 Å². The molecule has 0 bridgehead atoms. The van der Waals surface area contributed by atoms with E-state index in [1.165, 1.54) is 7.11 Å². The molecule has 2 aromatic rings. The van der Waals surface area contributed by atoms with Gasteiger partial charge in [0.2, 0.25) is 0 Å². The van der Waals surface area contributed by atoms with Crippen molar-refractivity contribution in [2.45, 2.75) is 70.8 Å². The summed E-state index contributed by atoms with van der Waals surface area (Å²) in [5, 5.41) is 14.6. The van der Waals surface area contributed by atoms with Crippen molar-refractivity contribution in [3.05, 3.63) is 64.6 Å². The monoisotopic (exact) mass is 486 g/mol. The number of nitrogens with one attached hydrogen (secondary N) is 1. The highest BCUT2D eigenvalue weighted by Crippen LogP contribution is 2.26. The standard InChI is InChI=1S/C19H27NO6.C7H7NO/c1-19(2,3)26-18(23)20-16(17(22)24-4)9-12-5-7-14(8-6-12)25-15-10-13(21)11-15;1-6-2-4-7(8-9)5-3-6/h5-8,13,15-16,21H,9-11H2,1-4H3,(H,20,23);2-5H,1H3/t13?,15?,16-;/m0./s1. The number of aliphatic hydroxyl groups is 1. The normalized spacial score (nSPS) is 17.5. The molecule has 35 heavy (non-hydrogen) atoms. The third-order valence-electron chi connectivity index (χ3n) is 5.05. The van der Waals surface area contributed by atoms with Crippen LogP contribution in [0.25, 0.3) is 0 Å². The van der Waals surface area contributed by atoms with E-state index in [0.717, 1.165) is 11.1 Å². The fraction of sp³-hybridized carbons (Fsp3) is 0.462. The molecule has 0 saturated heterocycles. The van der Waals surface area contributed by atoms with E-state index in [2.05, 4.69) is 10.5 Å². The summed E-state index contributed by atoms with van der Waals surface area (Å²) in [5.74, 6) is 0.167. The minimum atomic E-state index is -0.844. The molecule has 9 heteroatoms. The van der Waals surface area contributed by atoms with Crippen LogP contribution in [0, 0.1) is 11.8 Å². The van der Waals surface area contributed by atoms with Gasteiger partial charge in [-0.1, -0.05) is 29.8 Å². The molecular formula is C26H34N2O7. The first-order valence-corrected chi connectivity index (χ1v) is 11.4. The fourth-order valence-electron chi connectivity index (χ4n) is 3.16. The lowest BCUT2D eigenvalue weighted by atomic mass is 9.92. The molecule has 2 N–H and O–H groups in total. The summed E-state index contributed by atoms with van der Waals surface area (Å²) >= 11 is 0. The van der Waals surface area contributed by atoms with E-state index in [1.54, 1.807) is 32.9 Å². The molecule has 0 aromatic heterocycles. The van der Waals surface area contributed by atoms with Crippen LogP contribution in [0.15, 0.2) is 53.7 Å². The molecule has 0 radical (unpaired) electrons. The predicted molar refractivity (Wildman–Crippen MR) is 132 cm³/mol. The second-order valence-electron chi connectivity index (χ2n) is 9.36. The maximum absolute atomic E-state index is 12.0. The molecule has 0 spiro atoms. The van der Waals surface area contributed by atoms with Crippen molar-refractivity contribution in [1.29, 1.82) is 0 Å². The average molecular weight is 487 g/mol. The summed E-state index contributed by atoms with van der Waals surface area (Å²) in [6, 6.07) is 13.5. The van der Waals surface area contributed by atoms with Gasteiger partial charge in [0, 0.05) is 19.3 Å². The van der Waals surface area contributed by atoms with Crippen LogP contribution in [0.5, 0.6) is 5.75 Å². The van der Waals surface area contributed by atoms with Crippen LogP contribution >= 0.6 is 0 Å². The largest absolute Gasteiger partial charge is 0.490 e. The highest BCUT2D eigenvalue weighted by Gasteiger charge is 2.29. The highest BCUT2D eigenvalue weighted by atomic mass is 16.6. The van der Waals surface area contributed by atoms with Crippen LogP contribution in [0.4, 0.5) is 10.5 Å². The van der Waals surface area contributed by atoms with Crippen LogP contribution in [-0.4, -0.2) is 48.1 Å². The molecule has 9 nitrogen and oxygen atoms in total. The Morgan fingerprint density at radius 2 is 1.69 bits per heavy atom. The molecule has 1 aliphatic rings. The van der Waals surface area contributed by atoms with E-state index in [4.69, 9.17) is 14.2 Å². The van der Waals surface area contributed by atoms with E-state index in [1.807, 2.05) is 43.3 Å². The number of nitroso groups, excluding NO2 is 1. The Kier molecular flexibility index (Phi) is 10.2. The first-order chi connectivity index (χ1) is 16.5. The first kappa shape index (κ1) is 27.8. The quantitative estimate of drug-likeness (QED) is 0.433. The Labute approximate surface area is 205 Å². The fourth-order valence-corrected chi connectivity index (χ4v) is 3.16. The molecule has 0 unspecified atom stereocenters. The smallest absolute Gasteiger partial charge is 0.408 e. The SMILES string of the molecule is COC(=O)[C@H](Cc1ccc(OC2CC(O)C2)cc1)NC(=O)OC(C)(C)C.Cc1ccc(N=O)cc1. The predicted octanol–water partition coefficient (Wildman–Crippen LogP) is 4.59. The van der Waals surface area contributed by atoms with Crippen molar-refractivity contribution < 1.29 is 28.9 Å². The molecule has 1 fully saturated rings. The van der Waals surface area contributed by atoms with Crippen molar-refractivity contribution in [2.24, 2.45) is 5.18 Å². The number of aryl methyl sites for hydroxylation is 1. The van der Waals surface area contributed by atoms with Gasteiger partial charge in [0.05, 0.1) is 13.2 Å². The average Bonchev–Trinajstić information content (AvgIpc) is 2.78.